The molecule has 3 aromatic carbocycles. The molecule has 4 nitrogen and oxygen atoms in total. The van der Waals surface area contributed by atoms with Crippen LogP contribution in [0.5, 0.6) is 0 Å². The molecule has 3 N–H and O–H groups in total. The maximum Gasteiger partial charge on any atom is 0.251 e. The molecule has 1 amide bonds. The zero-order valence-electron chi connectivity index (χ0n) is 15.2. The Morgan fingerprint density at radius 2 is 1.59 bits per heavy atom. The molecule has 0 bridgehead atoms. The quantitative estimate of drug-likeness (QED) is 0.659. The number of amides is 1. The Morgan fingerprint density at radius 3 is 2.33 bits per heavy atom. The SMILES string of the molecule is Cc1c(C(=O)NCC(=O)Cc2ccccc2N)cccc1-c1ccccc1. The van der Waals surface area contributed by atoms with Crippen LogP contribution in [0.25, 0.3) is 11.1 Å². The molecule has 3 rings (SSSR count). The highest BCUT2D eigenvalue weighted by molar-refractivity contribution is 5.99. The fourth-order valence-corrected chi connectivity index (χ4v) is 3.06. The molecular formula is C23H22N2O2. The highest BCUT2D eigenvalue weighted by Gasteiger charge is 2.14. The van der Waals surface area contributed by atoms with Crippen molar-refractivity contribution in [3.8, 4) is 11.1 Å². The number of rotatable bonds is 6. The number of hydrogen-bond acceptors (Lipinski definition) is 3. The second-order valence-electron chi connectivity index (χ2n) is 6.44. The Kier molecular flexibility index (Phi) is 5.67. The van der Waals surface area contributed by atoms with E-state index in [1.165, 1.54) is 0 Å². The summed E-state index contributed by atoms with van der Waals surface area (Å²) in [6, 6.07) is 22.8. The van der Waals surface area contributed by atoms with Crippen molar-refractivity contribution < 1.29 is 9.59 Å². The third-order valence-electron chi connectivity index (χ3n) is 4.55. The van der Waals surface area contributed by atoms with Gasteiger partial charge in [0.25, 0.3) is 5.91 Å². The lowest BCUT2D eigenvalue weighted by Crippen LogP contribution is -2.31. The predicted octanol–water partition coefficient (Wildman–Crippen LogP) is 3.79. The Morgan fingerprint density at radius 1 is 0.889 bits per heavy atom. The van der Waals surface area contributed by atoms with Gasteiger partial charge in [0.2, 0.25) is 0 Å². The summed E-state index contributed by atoms with van der Waals surface area (Å²) in [5.41, 5.74) is 10.8. The first kappa shape index (κ1) is 18.4. The molecule has 0 atom stereocenters. The maximum atomic E-state index is 12.6. The van der Waals surface area contributed by atoms with E-state index in [2.05, 4.69) is 5.32 Å². The molecule has 0 aliphatic heterocycles. The lowest BCUT2D eigenvalue weighted by Gasteiger charge is -2.12. The van der Waals surface area contributed by atoms with Gasteiger partial charge in [-0.05, 0) is 41.3 Å². The van der Waals surface area contributed by atoms with Crippen LogP contribution in [0.3, 0.4) is 0 Å². The summed E-state index contributed by atoms with van der Waals surface area (Å²) in [5, 5.41) is 2.73. The van der Waals surface area contributed by atoms with Crippen LogP contribution in [0, 0.1) is 6.92 Å². The van der Waals surface area contributed by atoms with Gasteiger partial charge in [-0.2, -0.15) is 0 Å². The van der Waals surface area contributed by atoms with E-state index in [-0.39, 0.29) is 24.7 Å². The van der Waals surface area contributed by atoms with Crippen LogP contribution < -0.4 is 11.1 Å². The lowest BCUT2D eigenvalue weighted by atomic mass is 9.96. The first-order valence-corrected chi connectivity index (χ1v) is 8.84. The van der Waals surface area contributed by atoms with Crippen molar-refractivity contribution in [1.82, 2.24) is 5.32 Å². The standard InChI is InChI=1S/C23H22N2O2/c1-16-20(17-8-3-2-4-9-17)11-7-12-21(16)23(27)25-15-19(26)14-18-10-5-6-13-22(18)24/h2-13H,14-15,24H2,1H3,(H,25,27). The van der Waals surface area contributed by atoms with Gasteiger partial charge in [-0.15, -0.1) is 0 Å². The predicted molar refractivity (Wildman–Crippen MR) is 109 cm³/mol. The van der Waals surface area contributed by atoms with Crippen LogP contribution >= 0.6 is 0 Å². The topological polar surface area (TPSA) is 72.2 Å². The number of ketones is 1. The van der Waals surface area contributed by atoms with Gasteiger partial charge in [0.1, 0.15) is 0 Å². The van der Waals surface area contributed by atoms with Crippen molar-refractivity contribution in [2.75, 3.05) is 12.3 Å². The van der Waals surface area contributed by atoms with Crippen LogP contribution in [0.15, 0.2) is 72.8 Å². The zero-order valence-corrected chi connectivity index (χ0v) is 15.2. The minimum Gasteiger partial charge on any atom is -0.398 e. The molecule has 0 fully saturated rings. The summed E-state index contributed by atoms with van der Waals surface area (Å²) >= 11 is 0. The number of carbonyl (C=O) groups excluding carboxylic acids is 2. The van der Waals surface area contributed by atoms with E-state index < -0.39 is 0 Å². The molecule has 0 heterocycles. The molecule has 3 aromatic rings. The summed E-state index contributed by atoms with van der Waals surface area (Å²) in [6.45, 7) is 1.89. The first-order valence-electron chi connectivity index (χ1n) is 8.84. The minimum atomic E-state index is -0.250. The van der Waals surface area contributed by atoms with Crippen LogP contribution in [0.4, 0.5) is 5.69 Å². The molecule has 0 saturated carbocycles. The number of benzene rings is 3. The molecule has 0 unspecified atom stereocenters. The van der Waals surface area contributed by atoms with Crippen LogP contribution in [-0.4, -0.2) is 18.2 Å². The first-order chi connectivity index (χ1) is 13.1. The van der Waals surface area contributed by atoms with Gasteiger partial charge in [-0.25, -0.2) is 0 Å². The zero-order chi connectivity index (χ0) is 19.2. The highest BCUT2D eigenvalue weighted by atomic mass is 16.2. The summed E-state index contributed by atoms with van der Waals surface area (Å²) in [5.74, 6) is -0.335. The average Bonchev–Trinajstić information content (AvgIpc) is 2.69. The number of hydrogen-bond donors (Lipinski definition) is 2. The third-order valence-corrected chi connectivity index (χ3v) is 4.55. The van der Waals surface area contributed by atoms with Crippen LogP contribution in [-0.2, 0) is 11.2 Å². The number of anilines is 1. The second kappa shape index (κ2) is 8.32. The molecule has 4 heteroatoms. The van der Waals surface area contributed by atoms with Crippen molar-refractivity contribution >= 4 is 17.4 Å². The summed E-state index contributed by atoms with van der Waals surface area (Å²) in [4.78, 5) is 24.8. The van der Waals surface area contributed by atoms with Crippen molar-refractivity contribution in [1.29, 1.82) is 0 Å². The van der Waals surface area contributed by atoms with E-state index in [4.69, 9.17) is 5.73 Å². The Labute approximate surface area is 159 Å². The van der Waals surface area contributed by atoms with Crippen molar-refractivity contribution in [2.24, 2.45) is 0 Å². The molecule has 0 aromatic heterocycles. The summed E-state index contributed by atoms with van der Waals surface area (Å²) < 4.78 is 0. The monoisotopic (exact) mass is 358 g/mol. The van der Waals surface area contributed by atoms with E-state index >= 15 is 0 Å². The van der Waals surface area contributed by atoms with Gasteiger partial charge >= 0.3 is 0 Å². The largest absolute Gasteiger partial charge is 0.398 e. The van der Waals surface area contributed by atoms with Gasteiger partial charge in [0, 0.05) is 17.7 Å². The summed E-state index contributed by atoms with van der Waals surface area (Å²) in [7, 11) is 0. The molecule has 0 spiro atoms. The van der Waals surface area contributed by atoms with Crippen LogP contribution in [0.2, 0.25) is 0 Å². The lowest BCUT2D eigenvalue weighted by molar-refractivity contribution is -0.117. The van der Waals surface area contributed by atoms with E-state index in [1.54, 1.807) is 12.1 Å². The number of nitrogen functional groups attached to an aromatic ring is 1. The Balaban J connectivity index is 1.68. The molecule has 136 valence electrons. The molecule has 0 aliphatic carbocycles. The normalized spacial score (nSPS) is 10.4. The highest BCUT2D eigenvalue weighted by Crippen LogP contribution is 2.25. The van der Waals surface area contributed by atoms with Gasteiger partial charge < -0.3 is 11.1 Å². The van der Waals surface area contributed by atoms with E-state index in [0.717, 1.165) is 22.3 Å². The fraction of sp³-hybridized carbons (Fsp3) is 0.130. The van der Waals surface area contributed by atoms with Crippen LogP contribution in [0.1, 0.15) is 21.5 Å². The minimum absolute atomic E-state index is 0.0256. The van der Waals surface area contributed by atoms with Crippen molar-refractivity contribution in [3.63, 3.8) is 0 Å². The van der Waals surface area contributed by atoms with E-state index in [0.29, 0.717) is 11.3 Å². The molecular weight excluding hydrogens is 336 g/mol. The van der Waals surface area contributed by atoms with E-state index in [1.807, 2.05) is 67.6 Å². The third kappa shape index (κ3) is 4.42. The van der Waals surface area contributed by atoms with Crippen molar-refractivity contribution in [3.05, 3.63) is 89.5 Å². The second-order valence-corrected chi connectivity index (χ2v) is 6.44. The van der Waals surface area contributed by atoms with Crippen molar-refractivity contribution in [2.45, 2.75) is 13.3 Å². The van der Waals surface area contributed by atoms with Gasteiger partial charge in [0.15, 0.2) is 5.78 Å². The fourth-order valence-electron chi connectivity index (χ4n) is 3.06. The molecule has 0 aliphatic rings. The molecule has 0 saturated heterocycles. The number of nitrogens with two attached hydrogens (primary N) is 1. The molecule has 27 heavy (non-hydrogen) atoms. The van der Waals surface area contributed by atoms with Gasteiger partial charge in [-0.1, -0.05) is 60.7 Å². The smallest absolute Gasteiger partial charge is 0.251 e. The average molecular weight is 358 g/mol. The van der Waals surface area contributed by atoms with Gasteiger partial charge in [-0.3, -0.25) is 9.59 Å². The maximum absolute atomic E-state index is 12.6. The van der Waals surface area contributed by atoms with E-state index in [9.17, 15) is 9.59 Å². The molecule has 0 radical (unpaired) electrons. The summed E-state index contributed by atoms with van der Waals surface area (Å²) in [6.07, 6.45) is 0.204. The number of Topliss-reactive ketones (excluding diaryl/α,β-unsaturated/α-hetero) is 1. The number of carbonyl (C=O) groups is 2. The number of para-hydroxylation sites is 1. The number of nitrogens with one attached hydrogen (secondary N) is 1. The Hall–Kier alpha value is -3.40. The van der Waals surface area contributed by atoms with Gasteiger partial charge in [0.05, 0.1) is 6.54 Å². The Bertz CT molecular complexity index is 965.